The summed E-state index contributed by atoms with van der Waals surface area (Å²) in [5.41, 5.74) is 6.20. The van der Waals surface area contributed by atoms with Crippen molar-refractivity contribution in [3.63, 3.8) is 0 Å². The van der Waals surface area contributed by atoms with Gasteiger partial charge in [-0.15, -0.1) is 0 Å². The summed E-state index contributed by atoms with van der Waals surface area (Å²) in [7, 11) is 0. The maximum Gasteiger partial charge on any atom is 0.307 e. The summed E-state index contributed by atoms with van der Waals surface area (Å²) in [5, 5.41) is 19.7. The zero-order valence-electron chi connectivity index (χ0n) is 21.1. The third-order valence-corrected chi connectivity index (χ3v) is 8.56. The molecule has 4 aromatic rings. The van der Waals surface area contributed by atoms with Crippen molar-refractivity contribution in [1.29, 1.82) is 0 Å². The number of aliphatic hydroxyl groups excluding tert-OH is 1. The van der Waals surface area contributed by atoms with Crippen molar-refractivity contribution in [3.05, 3.63) is 77.5 Å². The van der Waals surface area contributed by atoms with Gasteiger partial charge in [0.2, 0.25) is 5.95 Å². The molecule has 0 radical (unpaired) electrons. The van der Waals surface area contributed by atoms with Crippen molar-refractivity contribution < 1.29 is 19.7 Å². The molecule has 1 unspecified atom stereocenters. The average molecular weight is 512 g/mol. The van der Waals surface area contributed by atoms with Crippen LogP contribution in [0.15, 0.2) is 55.0 Å². The van der Waals surface area contributed by atoms with Gasteiger partial charge in [-0.25, -0.2) is 15.0 Å². The van der Waals surface area contributed by atoms with E-state index in [9.17, 15) is 15.0 Å². The quantitative estimate of drug-likeness (QED) is 0.413. The van der Waals surface area contributed by atoms with Crippen LogP contribution in [0.1, 0.15) is 54.5 Å². The highest BCUT2D eigenvalue weighted by Crippen LogP contribution is 2.44. The van der Waals surface area contributed by atoms with Gasteiger partial charge in [0.15, 0.2) is 0 Å². The van der Waals surface area contributed by atoms with Crippen molar-refractivity contribution in [2.75, 3.05) is 18.0 Å². The van der Waals surface area contributed by atoms with Crippen LogP contribution in [0.3, 0.4) is 0 Å². The molecule has 2 aliphatic heterocycles. The number of piperidine rings is 1. The molecule has 9 heteroatoms. The summed E-state index contributed by atoms with van der Waals surface area (Å²) >= 11 is 0. The molecule has 1 saturated carbocycles. The lowest BCUT2D eigenvalue weighted by Gasteiger charge is -2.35. The van der Waals surface area contributed by atoms with Gasteiger partial charge in [-0.05, 0) is 54.9 Å². The van der Waals surface area contributed by atoms with E-state index in [0.29, 0.717) is 24.7 Å². The molecule has 5 heterocycles. The smallest absolute Gasteiger partial charge is 0.307 e. The van der Waals surface area contributed by atoms with Gasteiger partial charge in [0, 0.05) is 42.8 Å². The number of carboxylic acids is 1. The molecule has 2 N–H and O–H groups in total. The Labute approximate surface area is 219 Å². The van der Waals surface area contributed by atoms with E-state index >= 15 is 0 Å². The molecule has 3 aliphatic rings. The Bertz CT molecular complexity index is 1520. The molecule has 38 heavy (non-hydrogen) atoms. The minimum Gasteiger partial charge on any atom is -0.481 e. The molecule has 3 aromatic heterocycles. The Morgan fingerprint density at radius 1 is 1.03 bits per heavy atom. The third-order valence-electron chi connectivity index (χ3n) is 8.56. The number of pyridine rings is 1. The van der Waals surface area contributed by atoms with E-state index in [-0.39, 0.29) is 36.6 Å². The second kappa shape index (κ2) is 8.89. The monoisotopic (exact) mass is 511 g/mol. The van der Waals surface area contributed by atoms with E-state index in [1.54, 1.807) is 0 Å². The zero-order valence-corrected chi connectivity index (χ0v) is 21.1. The van der Waals surface area contributed by atoms with Gasteiger partial charge in [-0.1, -0.05) is 24.3 Å². The van der Waals surface area contributed by atoms with E-state index < -0.39 is 5.97 Å². The summed E-state index contributed by atoms with van der Waals surface area (Å²) in [5.74, 6) is 0.0366. The minimum absolute atomic E-state index is 0.0479. The van der Waals surface area contributed by atoms with Crippen molar-refractivity contribution in [2.45, 2.75) is 38.6 Å². The Morgan fingerprint density at radius 2 is 1.74 bits per heavy atom. The number of hydrogen-bond acceptors (Lipinski definition) is 7. The summed E-state index contributed by atoms with van der Waals surface area (Å²) in [6.07, 6.45) is 7.18. The Balaban J connectivity index is 1.21. The van der Waals surface area contributed by atoms with Crippen LogP contribution in [0, 0.1) is 17.8 Å². The second-order valence-corrected chi connectivity index (χ2v) is 10.7. The highest BCUT2D eigenvalue weighted by atomic mass is 16.5. The first-order chi connectivity index (χ1) is 18.5. The van der Waals surface area contributed by atoms with Crippen LogP contribution in [0.4, 0.5) is 5.95 Å². The van der Waals surface area contributed by atoms with E-state index in [1.165, 1.54) is 0 Å². The fourth-order valence-corrected chi connectivity index (χ4v) is 6.78. The van der Waals surface area contributed by atoms with Gasteiger partial charge in [0.1, 0.15) is 11.8 Å². The molecule has 9 nitrogen and oxygen atoms in total. The average Bonchev–Trinajstić information content (AvgIpc) is 3.56. The highest BCUT2D eigenvalue weighted by molar-refractivity contribution is 5.72. The van der Waals surface area contributed by atoms with Crippen molar-refractivity contribution in [2.24, 2.45) is 17.8 Å². The maximum absolute atomic E-state index is 11.7. The molecule has 0 spiro atoms. The van der Waals surface area contributed by atoms with Gasteiger partial charge in [-0.3, -0.25) is 4.79 Å². The number of nitrogens with zero attached hydrogens (tertiary/aromatic N) is 5. The maximum atomic E-state index is 11.7. The Hall–Kier alpha value is -3.82. The lowest BCUT2D eigenvalue weighted by Crippen LogP contribution is -2.45. The van der Waals surface area contributed by atoms with Gasteiger partial charge < -0.3 is 24.3 Å². The van der Waals surface area contributed by atoms with Crippen molar-refractivity contribution in [1.82, 2.24) is 19.4 Å². The number of anilines is 1. The van der Waals surface area contributed by atoms with Crippen LogP contribution in [0.2, 0.25) is 0 Å². The molecule has 2 fully saturated rings. The molecule has 1 aliphatic carbocycles. The number of fused-ring (bicyclic) bond motifs is 4. The number of aromatic nitrogens is 4. The standard InChI is InChI=1S/C29H29N5O4/c1-16-21-4-2-3-5-22(21)27(38-16)26-23(15-35)32-24-9-8-17(14-34(24)26)20-10-30-29(31-11-20)33-12-18-6-7-19(13-33)25(18)28(36)37/h2-5,8-11,14,16,18-19,25,27,35H,6-7,12-13,15H2,1H3,(H,36,37)/t16-,18-,19+,25?,27+/m1/s1. The second-order valence-electron chi connectivity index (χ2n) is 10.7. The Kier molecular flexibility index (Phi) is 5.45. The molecular weight excluding hydrogens is 482 g/mol. The summed E-state index contributed by atoms with van der Waals surface area (Å²) in [6.45, 7) is 3.23. The number of imidazole rings is 1. The number of ether oxygens (including phenoxy) is 1. The number of carbonyl (C=O) groups is 1. The van der Waals surface area contributed by atoms with Gasteiger partial charge in [-0.2, -0.15) is 0 Å². The van der Waals surface area contributed by atoms with Crippen molar-refractivity contribution >= 4 is 17.6 Å². The molecular formula is C29H29N5O4. The van der Waals surface area contributed by atoms with E-state index in [2.05, 4.69) is 32.0 Å². The van der Waals surface area contributed by atoms with Crippen LogP contribution in [-0.2, 0) is 16.1 Å². The molecule has 1 aromatic carbocycles. The number of aliphatic hydroxyl groups is 1. The first kappa shape index (κ1) is 23.3. The third kappa shape index (κ3) is 3.60. The molecule has 7 rings (SSSR count). The number of carboxylic acid groups (broad SMARTS) is 1. The number of hydrogen-bond donors (Lipinski definition) is 2. The van der Waals surface area contributed by atoms with E-state index in [0.717, 1.165) is 46.4 Å². The summed E-state index contributed by atoms with van der Waals surface area (Å²) in [6, 6.07) is 12.1. The fourth-order valence-electron chi connectivity index (χ4n) is 6.78. The van der Waals surface area contributed by atoms with Crippen molar-refractivity contribution in [3.8, 4) is 11.1 Å². The number of benzene rings is 1. The summed E-state index contributed by atoms with van der Waals surface area (Å²) in [4.78, 5) is 27.8. The van der Waals surface area contributed by atoms with Gasteiger partial charge >= 0.3 is 5.97 Å². The molecule has 0 amide bonds. The molecule has 194 valence electrons. The predicted octanol–water partition coefficient (Wildman–Crippen LogP) is 4.01. The highest BCUT2D eigenvalue weighted by Gasteiger charge is 2.46. The molecule has 5 atom stereocenters. The Morgan fingerprint density at radius 3 is 2.42 bits per heavy atom. The lowest BCUT2D eigenvalue weighted by molar-refractivity contribution is -0.144. The van der Waals surface area contributed by atoms with Crippen LogP contribution in [0.5, 0.6) is 0 Å². The van der Waals surface area contributed by atoms with Gasteiger partial charge in [0.25, 0.3) is 0 Å². The van der Waals surface area contributed by atoms with Gasteiger partial charge in [0.05, 0.1) is 30.0 Å². The normalized spacial score (nSPS) is 26.2. The SMILES string of the molecule is C[C@H]1O[C@H](c2c(CO)nc3ccc(-c4cnc(N5C[C@H]6CC[C@@H](C5)C6C(=O)O)nc4)cn23)c2ccccc21. The zero-order chi connectivity index (χ0) is 26.0. The summed E-state index contributed by atoms with van der Waals surface area (Å²) < 4.78 is 8.36. The molecule has 2 bridgehead atoms. The van der Waals surface area contributed by atoms with E-state index in [4.69, 9.17) is 4.74 Å². The number of aliphatic carboxylic acids is 1. The largest absolute Gasteiger partial charge is 0.481 e. The minimum atomic E-state index is -0.673. The van der Waals surface area contributed by atoms with Crippen LogP contribution >= 0.6 is 0 Å². The van der Waals surface area contributed by atoms with Crippen LogP contribution < -0.4 is 4.90 Å². The first-order valence-corrected chi connectivity index (χ1v) is 13.2. The first-order valence-electron chi connectivity index (χ1n) is 13.2. The predicted molar refractivity (Wildman–Crippen MR) is 139 cm³/mol. The lowest BCUT2D eigenvalue weighted by atomic mass is 9.85. The fraction of sp³-hybridized carbons (Fsp3) is 0.379. The number of rotatable bonds is 5. The topological polar surface area (TPSA) is 113 Å². The molecule has 1 saturated heterocycles. The van der Waals surface area contributed by atoms with Crippen LogP contribution in [-0.4, -0.2) is 48.6 Å². The van der Waals surface area contributed by atoms with E-state index in [1.807, 2.05) is 54.2 Å². The van der Waals surface area contributed by atoms with Crippen LogP contribution in [0.25, 0.3) is 16.8 Å².